The number of rotatable bonds is 3. The molecule has 12 nitrogen and oxygen atoms in total. The maximum atomic E-state index is 13.5. The van der Waals surface area contributed by atoms with Crippen molar-refractivity contribution >= 4 is 23.6 Å². The van der Waals surface area contributed by atoms with Crippen LogP contribution in [0.15, 0.2) is 60.8 Å². The number of carbonyl (C=O) groups is 4. The van der Waals surface area contributed by atoms with Gasteiger partial charge in [-0.05, 0) is 42.7 Å². The van der Waals surface area contributed by atoms with Gasteiger partial charge in [-0.3, -0.25) is 23.9 Å². The van der Waals surface area contributed by atoms with Crippen LogP contribution in [-0.4, -0.2) is 63.4 Å². The Morgan fingerprint density at radius 3 is 2.38 bits per heavy atom. The van der Waals surface area contributed by atoms with Crippen LogP contribution >= 0.6 is 0 Å². The van der Waals surface area contributed by atoms with Gasteiger partial charge >= 0.3 is 0 Å². The first-order valence-corrected chi connectivity index (χ1v) is 14.0. The van der Waals surface area contributed by atoms with Crippen LogP contribution in [0.2, 0.25) is 0 Å². The summed E-state index contributed by atoms with van der Waals surface area (Å²) in [5.74, 6) is -1.56. The summed E-state index contributed by atoms with van der Waals surface area (Å²) < 4.78 is 7.47. The molecular formula is C30H37N7O5. The molecule has 2 aliphatic heterocycles. The Bertz CT molecular complexity index is 1370. The summed E-state index contributed by atoms with van der Waals surface area (Å²) in [6.45, 7) is 6.28. The lowest BCUT2D eigenvalue weighted by atomic mass is 10.0. The molecular weight excluding hydrogens is 538 g/mol. The minimum absolute atomic E-state index is 0.146. The van der Waals surface area contributed by atoms with E-state index in [1.165, 1.54) is 0 Å². The topological polar surface area (TPSA) is 156 Å². The second-order valence-electron chi connectivity index (χ2n) is 10.6. The van der Waals surface area contributed by atoms with Gasteiger partial charge in [-0.2, -0.15) is 0 Å². The lowest BCUT2D eigenvalue weighted by Crippen LogP contribution is -2.58. The Morgan fingerprint density at radius 1 is 0.929 bits per heavy atom. The molecule has 2 aliphatic rings. The average molecular weight is 576 g/mol. The highest BCUT2D eigenvalue weighted by molar-refractivity contribution is 5.99. The van der Waals surface area contributed by atoms with E-state index in [9.17, 15) is 19.2 Å². The molecule has 2 aromatic carbocycles. The minimum atomic E-state index is -0.958. The van der Waals surface area contributed by atoms with Crippen LogP contribution in [0.25, 0.3) is 0 Å². The first kappa shape index (κ1) is 30.2. The average Bonchev–Trinajstić information content (AvgIpc) is 3.44. The van der Waals surface area contributed by atoms with Crippen LogP contribution in [0.5, 0.6) is 5.75 Å². The zero-order valence-corrected chi connectivity index (χ0v) is 24.0. The Morgan fingerprint density at radius 2 is 1.67 bits per heavy atom. The van der Waals surface area contributed by atoms with Crippen molar-refractivity contribution in [1.29, 1.82) is 0 Å². The number of carbonyl (C=O) groups excluding carboxylic acids is 4. The third kappa shape index (κ3) is 8.38. The van der Waals surface area contributed by atoms with E-state index >= 15 is 0 Å². The molecule has 0 saturated heterocycles. The quantitative estimate of drug-likeness (QED) is 0.344. The summed E-state index contributed by atoms with van der Waals surface area (Å²) in [5, 5.41) is 19.2. The smallest absolute Gasteiger partial charge is 0.251 e. The third-order valence-electron chi connectivity index (χ3n) is 6.85. The number of hydrogen-bond acceptors (Lipinski definition) is 7. The fraction of sp³-hybridized carbons (Fsp3) is 0.400. The Kier molecular flexibility index (Phi) is 10.2. The maximum absolute atomic E-state index is 13.5. The predicted octanol–water partition coefficient (Wildman–Crippen LogP) is 1.36. The van der Waals surface area contributed by atoms with Crippen molar-refractivity contribution in [3.05, 3.63) is 77.6 Å². The molecule has 0 saturated carbocycles. The molecule has 0 aliphatic carbocycles. The standard InChI is InChI=1S/C30H37N7O5/c1-19(2)26-30(41)32-20(3)27(38)31-17-23-18-37(36-35-23)14-7-15-42-24-12-10-22(11-13-24)28(39)33-25(29(40)34-26)16-21-8-5-4-6-9-21/h4-6,8-13,18-20,25-26H,7,14-17H2,1-3H3,(H,31,38)(H,32,41)(H,33,39)(H,34,40)/t20-,25-,26+/m1/s1. The summed E-state index contributed by atoms with van der Waals surface area (Å²) in [5.41, 5.74) is 1.78. The summed E-state index contributed by atoms with van der Waals surface area (Å²) in [7, 11) is 0. The first-order valence-electron chi connectivity index (χ1n) is 14.0. The second kappa shape index (κ2) is 14.2. The van der Waals surface area contributed by atoms with Gasteiger partial charge in [0.15, 0.2) is 0 Å². The number of fused-ring (bicyclic) bond motifs is 16. The molecule has 0 radical (unpaired) electrons. The number of amides is 4. The maximum Gasteiger partial charge on any atom is 0.251 e. The van der Waals surface area contributed by atoms with E-state index in [2.05, 4.69) is 31.6 Å². The van der Waals surface area contributed by atoms with Gasteiger partial charge in [0, 0.05) is 24.9 Å². The lowest BCUT2D eigenvalue weighted by Gasteiger charge is -2.26. The SMILES string of the molecule is CC(C)[C@@H]1NC(=O)[C@@H](Cc2ccccc2)NC(=O)c2ccc(cc2)OCCCn2cc(nn2)CNC(=O)[C@@H](C)NC1=O. The highest BCUT2D eigenvalue weighted by Crippen LogP contribution is 2.14. The molecule has 1 aromatic heterocycles. The van der Waals surface area contributed by atoms with Crippen LogP contribution in [0.1, 0.15) is 48.8 Å². The largest absolute Gasteiger partial charge is 0.494 e. The molecule has 0 unspecified atom stereocenters. The lowest BCUT2D eigenvalue weighted by molar-refractivity contribution is -0.133. The Labute approximate surface area is 244 Å². The van der Waals surface area contributed by atoms with Gasteiger partial charge < -0.3 is 26.0 Å². The van der Waals surface area contributed by atoms with Crippen LogP contribution < -0.4 is 26.0 Å². The van der Waals surface area contributed by atoms with E-state index < -0.39 is 41.8 Å². The van der Waals surface area contributed by atoms with Gasteiger partial charge in [0.25, 0.3) is 5.91 Å². The number of aromatic nitrogens is 3. The number of nitrogens with zero attached hydrogens (tertiary/aromatic N) is 3. The molecule has 0 spiro atoms. The highest BCUT2D eigenvalue weighted by atomic mass is 16.5. The molecule has 4 N–H and O–H groups in total. The normalized spacial score (nSPS) is 21.1. The monoisotopic (exact) mass is 575 g/mol. The summed E-state index contributed by atoms with van der Waals surface area (Å²) in [4.78, 5) is 52.7. The number of hydrogen-bond donors (Lipinski definition) is 4. The van der Waals surface area contributed by atoms with Gasteiger partial charge in [0.2, 0.25) is 17.7 Å². The molecule has 3 atom stereocenters. The van der Waals surface area contributed by atoms with E-state index in [-0.39, 0.29) is 18.9 Å². The van der Waals surface area contributed by atoms with E-state index in [0.29, 0.717) is 36.6 Å². The molecule has 42 heavy (non-hydrogen) atoms. The summed E-state index contributed by atoms with van der Waals surface area (Å²) >= 11 is 0. The molecule has 222 valence electrons. The van der Waals surface area contributed by atoms with Crippen LogP contribution in [0.3, 0.4) is 0 Å². The second-order valence-corrected chi connectivity index (χ2v) is 10.6. The van der Waals surface area contributed by atoms with Crippen molar-refractivity contribution in [3.8, 4) is 5.75 Å². The number of aryl methyl sites for hydroxylation is 1. The van der Waals surface area contributed by atoms with Gasteiger partial charge in [-0.1, -0.05) is 49.4 Å². The molecule has 4 bridgehead atoms. The van der Waals surface area contributed by atoms with E-state index in [1.807, 2.05) is 30.3 Å². The van der Waals surface area contributed by atoms with Crippen molar-refractivity contribution in [3.63, 3.8) is 0 Å². The van der Waals surface area contributed by atoms with Crippen LogP contribution in [-0.2, 0) is 33.9 Å². The molecule has 3 heterocycles. The molecule has 4 amide bonds. The number of nitrogens with one attached hydrogen (secondary N) is 4. The predicted molar refractivity (Wildman–Crippen MR) is 154 cm³/mol. The van der Waals surface area contributed by atoms with Crippen LogP contribution in [0.4, 0.5) is 0 Å². The Hall–Kier alpha value is -4.74. The van der Waals surface area contributed by atoms with E-state index in [4.69, 9.17) is 4.74 Å². The highest BCUT2D eigenvalue weighted by Gasteiger charge is 2.30. The van der Waals surface area contributed by atoms with Gasteiger partial charge in [0.05, 0.1) is 19.3 Å². The van der Waals surface area contributed by atoms with E-state index in [0.717, 1.165) is 5.56 Å². The van der Waals surface area contributed by atoms with Crippen molar-refractivity contribution in [1.82, 2.24) is 36.3 Å². The van der Waals surface area contributed by atoms with Crippen molar-refractivity contribution in [2.45, 2.75) is 64.8 Å². The van der Waals surface area contributed by atoms with Crippen molar-refractivity contribution in [2.75, 3.05) is 6.61 Å². The zero-order chi connectivity index (χ0) is 30.1. The van der Waals surface area contributed by atoms with E-state index in [1.54, 1.807) is 55.9 Å². The fourth-order valence-electron chi connectivity index (χ4n) is 4.44. The fourth-order valence-corrected chi connectivity index (χ4v) is 4.44. The van der Waals surface area contributed by atoms with Gasteiger partial charge in [-0.25, -0.2) is 0 Å². The number of benzene rings is 2. The number of ether oxygens (including phenoxy) is 1. The molecule has 5 rings (SSSR count). The van der Waals surface area contributed by atoms with Crippen molar-refractivity contribution in [2.24, 2.45) is 5.92 Å². The molecule has 0 fully saturated rings. The minimum Gasteiger partial charge on any atom is -0.494 e. The Balaban J connectivity index is 1.57. The first-order chi connectivity index (χ1) is 20.2. The van der Waals surface area contributed by atoms with Crippen LogP contribution in [0, 0.1) is 5.92 Å². The third-order valence-corrected chi connectivity index (χ3v) is 6.85. The molecule has 12 heteroatoms. The van der Waals surface area contributed by atoms with Gasteiger partial charge in [-0.15, -0.1) is 5.10 Å². The van der Waals surface area contributed by atoms with Gasteiger partial charge in [0.1, 0.15) is 29.6 Å². The zero-order valence-electron chi connectivity index (χ0n) is 24.0. The molecule has 3 aromatic rings. The van der Waals surface area contributed by atoms with Crippen molar-refractivity contribution < 1.29 is 23.9 Å². The summed E-state index contributed by atoms with van der Waals surface area (Å²) in [6.07, 6.45) is 2.62. The summed E-state index contributed by atoms with van der Waals surface area (Å²) in [6, 6.07) is 13.2.